The van der Waals surface area contributed by atoms with Crippen LogP contribution in [-0.4, -0.2) is 109 Å². The highest BCUT2D eigenvalue weighted by Crippen LogP contribution is 2.33. The minimum Gasteiger partial charge on any atom is -0.452 e. The molecule has 0 bridgehead atoms. The average Bonchev–Trinajstić information content (AvgIpc) is 3.40. The number of benzene rings is 6. The normalized spacial score (nSPS) is 23.0. The van der Waals surface area contributed by atoms with E-state index in [1.165, 1.54) is 72.8 Å². The summed E-state index contributed by atoms with van der Waals surface area (Å²) in [5.41, 5.74) is 0.623. The Kier molecular flexibility index (Phi) is 15.6. The van der Waals surface area contributed by atoms with E-state index in [0.29, 0.717) is 0 Å². The standard InChI is InChI=1S/C53H44O16/c54-46(33-19-7-1-8-20-33)63-40-32-62-53(45(69-51(59)38-29-17-6-18-30-38)42(40)66-48(56)35-23-11-3-12-24-35)61-31-39-41(65-47(55)34-21-9-2-10-22-34)43(67-49(57)36-25-13-4-14-26-36)44(52(60)64-39)68-50(58)37-27-15-5-16-28-37/h1-30,39-45,52-53,60H,31-32H2/t39-,40+,41-,42+,43+,44-,45-,52-,53-/m1/s1. The summed E-state index contributed by atoms with van der Waals surface area (Å²) in [6, 6.07) is 47.2. The Labute approximate surface area is 395 Å². The Bertz CT molecular complexity index is 2670. The fourth-order valence-electron chi connectivity index (χ4n) is 7.49. The molecule has 16 nitrogen and oxygen atoms in total. The summed E-state index contributed by atoms with van der Waals surface area (Å²) in [7, 11) is 0. The van der Waals surface area contributed by atoms with Crippen LogP contribution in [-0.2, 0) is 42.6 Å². The van der Waals surface area contributed by atoms with Crippen LogP contribution in [0.3, 0.4) is 0 Å². The van der Waals surface area contributed by atoms with Crippen LogP contribution in [0.4, 0.5) is 0 Å². The van der Waals surface area contributed by atoms with Gasteiger partial charge in [0.2, 0.25) is 0 Å². The first-order valence-electron chi connectivity index (χ1n) is 21.8. The first kappa shape index (κ1) is 47.5. The SMILES string of the molecule is O=C(O[C@@H]1[C@@H](OC(=O)c2ccccc2)[C@H](O)O[C@H](CO[C@@H]2OC[C@H](OC(=O)c3ccccc3)[C@H](OC(=O)c3ccccc3)[C@H]2OC(=O)c2ccccc2)[C@H]1OC(=O)c1ccccc1)c1ccccc1. The number of rotatable bonds is 15. The second-order valence-corrected chi connectivity index (χ2v) is 15.6. The molecule has 2 saturated heterocycles. The van der Waals surface area contributed by atoms with E-state index in [-0.39, 0.29) is 33.4 Å². The molecule has 0 aromatic heterocycles. The molecule has 1 N–H and O–H groups in total. The van der Waals surface area contributed by atoms with Gasteiger partial charge >= 0.3 is 35.8 Å². The summed E-state index contributed by atoms with van der Waals surface area (Å²) in [6.45, 7) is -1.15. The molecule has 2 aliphatic heterocycles. The molecule has 69 heavy (non-hydrogen) atoms. The molecule has 9 atom stereocenters. The molecule has 8 rings (SSSR count). The Hall–Kier alpha value is -8.02. The Balaban J connectivity index is 1.14. The van der Waals surface area contributed by atoms with Crippen molar-refractivity contribution in [2.45, 2.75) is 55.3 Å². The van der Waals surface area contributed by atoms with Gasteiger partial charge in [-0.25, -0.2) is 28.8 Å². The van der Waals surface area contributed by atoms with Crippen LogP contribution in [0, 0.1) is 0 Å². The summed E-state index contributed by atoms with van der Waals surface area (Å²) >= 11 is 0. The number of aliphatic hydroxyl groups excluding tert-OH is 1. The molecule has 0 aliphatic carbocycles. The first-order chi connectivity index (χ1) is 33.6. The smallest absolute Gasteiger partial charge is 0.338 e. The molecule has 352 valence electrons. The third-order valence-corrected chi connectivity index (χ3v) is 10.9. The van der Waals surface area contributed by atoms with E-state index in [4.69, 9.17) is 42.6 Å². The van der Waals surface area contributed by atoms with E-state index in [0.717, 1.165) is 0 Å². The van der Waals surface area contributed by atoms with Gasteiger partial charge in [0.1, 0.15) is 6.10 Å². The van der Waals surface area contributed by atoms with Gasteiger partial charge in [0.05, 0.1) is 46.6 Å². The zero-order chi connectivity index (χ0) is 48.1. The molecular weight excluding hydrogens is 893 g/mol. The third kappa shape index (κ3) is 11.9. The minimum atomic E-state index is -2.04. The van der Waals surface area contributed by atoms with Crippen LogP contribution in [0.2, 0.25) is 0 Å². The minimum absolute atomic E-state index is 0.0739. The maximum Gasteiger partial charge on any atom is 0.338 e. The van der Waals surface area contributed by atoms with E-state index in [9.17, 15) is 33.9 Å². The zero-order valence-electron chi connectivity index (χ0n) is 36.5. The van der Waals surface area contributed by atoms with Crippen LogP contribution in [0.5, 0.6) is 0 Å². The highest BCUT2D eigenvalue weighted by Gasteiger charge is 2.54. The molecule has 0 spiro atoms. The number of aliphatic hydroxyl groups is 1. The van der Waals surface area contributed by atoms with Crippen LogP contribution >= 0.6 is 0 Å². The van der Waals surface area contributed by atoms with Crippen molar-refractivity contribution in [3.63, 3.8) is 0 Å². The van der Waals surface area contributed by atoms with Crippen molar-refractivity contribution in [3.05, 3.63) is 215 Å². The van der Waals surface area contributed by atoms with Crippen molar-refractivity contribution in [2.24, 2.45) is 0 Å². The molecule has 6 aromatic carbocycles. The van der Waals surface area contributed by atoms with Gasteiger partial charge in [0.15, 0.2) is 49.2 Å². The third-order valence-electron chi connectivity index (χ3n) is 10.9. The average molecular weight is 937 g/mol. The molecule has 0 radical (unpaired) electrons. The van der Waals surface area contributed by atoms with Gasteiger partial charge in [-0.1, -0.05) is 109 Å². The van der Waals surface area contributed by atoms with Crippen molar-refractivity contribution in [2.75, 3.05) is 13.2 Å². The van der Waals surface area contributed by atoms with Gasteiger partial charge < -0.3 is 47.7 Å². The van der Waals surface area contributed by atoms with Gasteiger partial charge in [-0.15, -0.1) is 0 Å². The second-order valence-electron chi connectivity index (χ2n) is 15.6. The van der Waals surface area contributed by atoms with Crippen molar-refractivity contribution in [1.82, 2.24) is 0 Å². The summed E-state index contributed by atoms with van der Waals surface area (Å²) in [5.74, 6) is -5.34. The van der Waals surface area contributed by atoms with Crippen molar-refractivity contribution < 1.29 is 76.5 Å². The number of hydrogen-bond donors (Lipinski definition) is 1. The highest BCUT2D eigenvalue weighted by molar-refractivity contribution is 5.92. The quantitative estimate of drug-likeness (QED) is 0.0870. The maximum atomic E-state index is 13.9. The summed E-state index contributed by atoms with van der Waals surface area (Å²) in [4.78, 5) is 82.4. The lowest BCUT2D eigenvalue weighted by Gasteiger charge is -2.44. The predicted molar refractivity (Wildman–Crippen MR) is 240 cm³/mol. The monoisotopic (exact) mass is 936 g/mol. The largest absolute Gasteiger partial charge is 0.452 e. The number of esters is 6. The second kappa shape index (κ2) is 22.6. The van der Waals surface area contributed by atoms with E-state index < -0.39 is 104 Å². The number of ether oxygens (including phenoxy) is 9. The molecule has 2 fully saturated rings. The van der Waals surface area contributed by atoms with Crippen LogP contribution in [0.1, 0.15) is 62.1 Å². The van der Waals surface area contributed by atoms with Gasteiger partial charge in [-0.3, -0.25) is 0 Å². The van der Waals surface area contributed by atoms with E-state index in [1.54, 1.807) is 109 Å². The molecule has 2 heterocycles. The summed E-state index contributed by atoms with van der Waals surface area (Å²) in [5, 5.41) is 11.7. The molecular formula is C53H44O16. The fourth-order valence-corrected chi connectivity index (χ4v) is 7.49. The van der Waals surface area contributed by atoms with E-state index in [1.807, 2.05) is 0 Å². The van der Waals surface area contributed by atoms with E-state index >= 15 is 0 Å². The van der Waals surface area contributed by atoms with Gasteiger partial charge in [0.25, 0.3) is 0 Å². The lowest BCUT2D eigenvalue weighted by molar-refractivity contribution is -0.310. The zero-order valence-corrected chi connectivity index (χ0v) is 36.5. The maximum absolute atomic E-state index is 13.9. The van der Waals surface area contributed by atoms with Crippen LogP contribution < -0.4 is 0 Å². The molecule has 0 amide bonds. The number of carbonyl (C=O) groups is 6. The van der Waals surface area contributed by atoms with Gasteiger partial charge in [-0.05, 0) is 72.8 Å². The van der Waals surface area contributed by atoms with Crippen molar-refractivity contribution in [3.8, 4) is 0 Å². The molecule has 6 aromatic rings. The molecule has 0 saturated carbocycles. The first-order valence-corrected chi connectivity index (χ1v) is 21.8. The van der Waals surface area contributed by atoms with E-state index in [2.05, 4.69) is 0 Å². The lowest BCUT2D eigenvalue weighted by Crippen LogP contribution is -2.63. The Morgan fingerprint density at radius 3 is 1.07 bits per heavy atom. The Morgan fingerprint density at radius 1 is 0.391 bits per heavy atom. The van der Waals surface area contributed by atoms with Crippen molar-refractivity contribution in [1.29, 1.82) is 0 Å². The molecule has 2 aliphatic rings. The summed E-state index contributed by atoms with van der Waals surface area (Å²) in [6.07, 6.45) is -15.1. The van der Waals surface area contributed by atoms with Crippen molar-refractivity contribution >= 4 is 35.8 Å². The number of hydrogen-bond acceptors (Lipinski definition) is 16. The lowest BCUT2D eigenvalue weighted by atomic mass is 9.97. The predicted octanol–water partition coefficient (Wildman–Crippen LogP) is 6.43. The van der Waals surface area contributed by atoms with Gasteiger partial charge in [-0.2, -0.15) is 0 Å². The van der Waals surface area contributed by atoms with Crippen LogP contribution in [0.15, 0.2) is 182 Å². The molecule has 0 unspecified atom stereocenters. The fraction of sp³-hybridized carbons (Fsp3) is 0.208. The highest BCUT2D eigenvalue weighted by atomic mass is 16.7. The van der Waals surface area contributed by atoms with Gasteiger partial charge in [0, 0.05) is 0 Å². The van der Waals surface area contributed by atoms with Crippen LogP contribution in [0.25, 0.3) is 0 Å². The summed E-state index contributed by atoms with van der Waals surface area (Å²) < 4.78 is 54.2. The molecule has 16 heteroatoms. The topological polar surface area (TPSA) is 206 Å². The Morgan fingerprint density at radius 2 is 0.696 bits per heavy atom. The number of carbonyl (C=O) groups excluding carboxylic acids is 6.